The maximum absolute atomic E-state index is 12.6. The Hall–Kier alpha value is -1.90. The molecule has 0 radical (unpaired) electrons. The molecule has 1 aromatic carbocycles. The van der Waals surface area contributed by atoms with E-state index < -0.39 is 10.0 Å². The Balaban J connectivity index is 1.59. The molecule has 1 aliphatic heterocycles. The van der Waals surface area contributed by atoms with Crippen LogP contribution in [-0.2, 0) is 23.1 Å². The number of fused-ring (bicyclic) bond motifs is 1. The van der Waals surface area contributed by atoms with E-state index in [0.29, 0.717) is 24.0 Å². The zero-order chi connectivity index (χ0) is 18.5. The molecule has 2 aromatic rings. The standard InChI is InChI=1S/C17H19ClN4O3S/c1-11-7-13(25-20-11)10-22-9-12-8-14(3-4-15(12)16(18)19-22)26(23,24)21-17(2)5-6-17/h3-4,7-8,21H,5-6,9-10H2,1-2H3. The van der Waals surface area contributed by atoms with Gasteiger partial charge in [0.15, 0.2) is 10.9 Å². The molecule has 1 aliphatic carbocycles. The Labute approximate surface area is 157 Å². The smallest absolute Gasteiger partial charge is 0.241 e. The molecule has 1 aromatic heterocycles. The van der Waals surface area contributed by atoms with Gasteiger partial charge in [0.1, 0.15) is 0 Å². The lowest BCUT2D eigenvalue weighted by molar-refractivity contribution is 0.230. The summed E-state index contributed by atoms with van der Waals surface area (Å²) in [6.45, 7) is 4.60. The molecule has 4 rings (SSSR count). The van der Waals surface area contributed by atoms with Crippen molar-refractivity contribution in [2.75, 3.05) is 0 Å². The average Bonchev–Trinajstić information content (AvgIpc) is 3.13. The molecule has 1 fully saturated rings. The van der Waals surface area contributed by atoms with Crippen molar-refractivity contribution in [2.24, 2.45) is 5.10 Å². The van der Waals surface area contributed by atoms with Gasteiger partial charge < -0.3 is 4.52 Å². The molecule has 2 aliphatic rings. The van der Waals surface area contributed by atoms with E-state index in [-0.39, 0.29) is 10.4 Å². The first-order valence-corrected chi connectivity index (χ1v) is 10.2. The fourth-order valence-corrected chi connectivity index (χ4v) is 4.72. The molecule has 138 valence electrons. The third kappa shape index (κ3) is 3.49. The molecule has 0 unspecified atom stereocenters. The van der Waals surface area contributed by atoms with Crippen molar-refractivity contribution in [3.8, 4) is 0 Å². The maximum atomic E-state index is 12.6. The zero-order valence-electron chi connectivity index (χ0n) is 14.5. The molecule has 1 saturated carbocycles. The molecule has 26 heavy (non-hydrogen) atoms. The van der Waals surface area contributed by atoms with E-state index in [0.717, 1.165) is 29.7 Å². The van der Waals surface area contributed by atoms with Crippen molar-refractivity contribution in [3.63, 3.8) is 0 Å². The lowest BCUT2D eigenvalue weighted by Gasteiger charge is -2.25. The Morgan fingerprint density at radius 1 is 1.35 bits per heavy atom. The van der Waals surface area contributed by atoms with Crippen LogP contribution in [0, 0.1) is 6.92 Å². The zero-order valence-corrected chi connectivity index (χ0v) is 16.1. The molecular formula is C17H19ClN4O3S. The van der Waals surface area contributed by atoms with Gasteiger partial charge in [0.2, 0.25) is 10.0 Å². The van der Waals surface area contributed by atoms with Crippen LogP contribution < -0.4 is 4.72 Å². The first-order valence-electron chi connectivity index (χ1n) is 8.33. The van der Waals surface area contributed by atoms with Crippen LogP contribution in [0.25, 0.3) is 0 Å². The molecule has 0 amide bonds. The highest BCUT2D eigenvalue weighted by Gasteiger charge is 2.41. The van der Waals surface area contributed by atoms with Gasteiger partial charge in [0, 0.05) is 17.2 Å². The molecule has 0 bridgehead atoms. The Morgan fingerprint density at radius 3 is 2.77 bits per heavy atom. The van der Waals surface area contributed by atoms with E-state index in [1.165, 1.54) is 0 Å². The lowest BCUT2D eigenvalue weighted by Crippen LogP contribution is -2.34. The van der Waals surface area contributed by atoms with Crippen LogP contribution in [0.15, 0.2) is 38.8 Å². The van der Waals surface area contributed by atoms with Crippen LogP contribution in [0.5, 0.6) is 0 Å². The van der Waals surface area contributed by atoms with Gasteiger partial charge in [0.05, 0.1) is 23.7 Å². The predicted molar refractivity (Wildman–Crippen MR) is 97.3 cm³/mol. The molecule has 1 N–H and O–H groups in total. The summed E-state index contributed by atoms with van der Waals surface area (Å²) in [5.41, 5.74) is 2.03. The van der Waals surface area contributed by atoms with Crippen LogP contribution in [0.1, 0.15) is 42.3 Å². The van der Waals surface area contributed by atoms with E-state index in [9.17, 15) is 8.42 Å². The Kier molecular flexibility index (Phi) is 4.09. The summed E-state index contributed by atoms with van der Waals surface area (Å²) in [6, 6.07) is 6.78. The summed E-state index contributed by atoms with van der Waals surface area (Å²) in [6.07, 6.45) is 1.72. The molecule has 0 spiro atoms. The fourth-order valence-electron chi connectivity index (χ4n) is 2.91. The van der Waals surface area contributed by atoms with Crippen LogP contribution in [-0.4, -0.2) is 29.3 Å². The molecule has 7 nitrogen and oxygen atoms in total. The Morgan fingerprint density at radius 2 is 2.12 bits per heavy atom. The highest BCUT2D eigenvalue weighted by molar-refractivity contribution is 7.89. The number of hydrazone groups is 1. The molecular weight excluding hydrogens is 376 g/mol. The third-order valence-corrected chi connectivity index (χ3v) is 6.50. The molecule has 0 atom stereocenters. The number of hydrogen-bond donors (Lipinski definition) is 1. The van der Waals surface area contributed by atoms with Gasteiger partial charge in [-0.25, -0.2) is 13.1 Å². The summed E-state index contributed by atoms with van der Waals surface area (Å²) >= 11 is 6.29. The first-order chi connectivity index (χ1) is 12.2. The number of aromatic nitrogens is 1. The number of halogens is 1. The highest BCUT2D eigenvalue weighted by Crippen LogP contribution is 2.36. The second-order valence-electron chi connectivity index (χ2n) is 7.13. The number of nitrogens with one attached hydrogen (secondary N) is 1. The molecule has 2 heterocycles. The monoisotopic (exact) mass is 394 g/mol. The highest BCUT2D eigenvalue weighted by atomic mass is 35.5. The minimum absolute atomic E-state index is 0.242. The van der Waals surface area contributed by atoms with Crippen LogP contribution in [0.2, 0.25) is 0 Å². The van der Waals surface area contributed by atoms with Crippen molar-refractivity contribution in [1.82, 2.24) is 14.9 Å². The lowest BCUT2D eigenvalue weighted by atomic mass is 10.1. The van der Waals surface area contributed by atoms with Gasteiger partial charge in [-0.3, -0.25) is 5.01 Å². The van der Waals surface area contributed by atoms with Crippen LogP contribution in [0.4, 0.5) is 0 Å². The van der Waals surface area contributed by atoms with E-state index in [4.69, 9.17) is 16.1 Å². The molecule has 0 saturated heterocycles. The van der Waals surface area contributed by atoms with Crippen molar-refractivity contribution in [1.29, 1.82) is 0 Å². The van der Waals surface area contributed by atoms with E-state index in [1.807, 2.05) is 19.9 Å². The van der Waals surface area contributed by atoms with E-state index >= 15 is 0 Å². The van der Waals surface area contributed by atoms with Gasteiger partial charge in [0.25, 0.3) is 0 Å². The first kappa shape index (κ1) is 17.5. The predicted octanol–water partition coefficient (Wildman–Crippen LogP) is 2.73. The van der Waals surface area contributed by atoms with Crippen molar-refractivity contribution in [2.45, 2.75) is 50.2 Å². The summed E-state index contributed by atoms with van der Waals surface area (Å²) in [5.74, 6) is 0.672. The van der Waals surface area contributed by atoms with Crippen molar-refractivity contribution >= 4 is 26.8 Å². The Bertz CT molecular complexity index is 995. The third-order valence-electron chi connectivity index (χ3n) is 4.59. The van der Waals surface area contributed by atoms with Gasteiger partial charge in [-0.2, -0.15) is 5.10 Å². The second-order valence-corrected chi connectivity index (χ2v) is 9.17. The number of aryl methyl sites for hydroxylation is 1. The topological polar surface area (TPSA) is 87.8 Å². The number of rotatable bonds is 5. The number of hydrogen-bond acceptors (Lipinski definition) is 6. The summed E-state index contributed by atoms with van der Waals surface area (Å²) in [7, 11) is -3.56. The van der Waals surface area contributed by atoms with E-state index in [2.05, 4.69) is 15.0 Å². The van der Waals surface area contributed by atoms with E-state index in [1.54, 1.807) is 23.2 Å². The van der Waals surface area contributed by atoms with Gasteiger partial charge in [-0.05, 0) is 44.4 Å². The molecule has 9 heteroatoms. The van der Waals surface area contributed by atoms with Crippen molar-refractivity contribution in [3.05, 3.63) is 46.8 Å². The van der Waals surface area contributed by atoms with Gasteiger partial charge in [-0.15, -0.1) is 0 Å². The number of benzene rings is 1. The van der Waals surface area contributed by atoms with Crippen LogP contribution in [0.3, 0.4) is 0 Å². The van der Waals surface area contributed by atoms with Gasteiger partial charge in [-0.1, -0.05) is 22.8 Å². The quantitative estimate of drug-likeness (QED) is 0.842. The normalized spacial score (nSPS) is 18.4. The van der Waals surface area contributed by atoms with Crippen molar-refractivity contribution < 1.29 is 12.9 Å². The number of sulfonamides is 1. The average molecular weight is 395 g/mol. The number of nitrogens with zero attached hydrogens (tertiary/aromatic N) is 3. The maximum Gasteiger partial charge on any atom is 0.241 e. The fraction of sp³-hybridized carbons (Fsp3) is 0.412. The van der Waals surface area contributed by atoms with Gasteiger partial charge >= 0.3 is 0 Å². The minimum Gasteiger partial charge on any atom is -0.359 e. The summed E-state index contributed by atoms with van der Waals surface area (Å²) in [4.78, 5) is 0.242. The minimum atomic E-state index is -3.56. The SMILES string of the molecule is Cc1cc(CN2Cc3cc(S(=O)(=O)NC4(C)CC4)ccc3C(Cl)=N2)on1. The largest absolute Gasteiger partial charge is 0.359 e. The summed E-state index contributed by atoms with van der Waals surface area (Å²) in [5, 5.41) is 10.3. The second kappa shape index (κ2) is 6.07. The van der Waals surface area contributed by atoms with Crippen LogP contribution >= 0.6 is 11.6 Å². The summed E-state index contributed by atoms with van der Waals surface area (Å²) < 4.78 is 33.2.